The van der Waals surface area contributed by atoms with Gasteiger partial charge in [0.25, 0.3) is 0 Å². The van der Waals surface area contributed by atoms with Gasteiger partial charge < -0.3 is 10.2 Å². The fourth-order valence-electron chi connectivity index (χ4n) is 2.58. The smallest absolute Gasteiger partial charge is 0.148 e. The minimum Gasteiger partial charge on any atom is -0.381 e. The summed E-state index contributed by atoms with van der Waals surface area (Å²) >= 11 is 0. The Morgan fingerprint density at radius 1 is 1.35 bits per heavy atom. The van der Waals surface area contributed by atoms with Crippen LogP contribution in [0.25, 0.3) is 0 Å². The van der Waals surface area contributed by atoms with Gasteiger partial charge in [0.15, 0.2) is 0 Å². The fraction of sp³-hybridized carbons (Fsp3) is 0.400. The van der Waals surface area contributed by atoms with Crippen LogP contribution >= 0.6 is 0 Å². The zero-order valence-corrected chi connectivity index (χ0v) is 11.6. The molecule has 106 valence electrons. The maximum Gasteiger partial charge on any atom is 0.148 e. The van der Waals surface area contributed by atoms with E-state index in [1.165, 1.54) is 0 Å². The Bertz CT molecular complexity index is 587. The average molecular weight is 274 g/mol. The van der Waals surface area contributed by atoms with Gasteiger partial charge in [0.1, 0.15) is 5.82 Å². The van der Waals surface area contributed by atoms with Gasteiger partial charge in [-0.05, 0) is 38.0 Å². The Balaban J connectivity index is 1.69. The highest BCUT2D eigenvalue weighted by Crippen LogP contribution is 2.26. The number of nitrogens with zero attached hydrogens (tertiary/aromatic N) is 2. The highest BCUT2D eigenvalue weighted by molar-refractivity contribution is 5.56. The van der Waals surface area contributed by atoms with Crippen molar-refractivity contribution in [3.05, 3.63) is 41.5 Å². The molecule has 4 nitrogen and oxygen atoms in total. The third-order valence-corrected chi connectivity index (χ3v) is 3.81. The van der Waals surface area contributed by atoms with Gasteiger partial charge in [0.2, 0.25) is 0 Å². The lowest BCUT2D eigenvalue weighted by molar-refractivity contribution is 0.623. The lowest BCUT2D eigenvalue weighted by atomic mass is 10.2. The van der Waals surface area contributed by atoms with Crippen LogP contribution in [-0.4, -0.2) is 23.3 Å². The molecule has 1 aromatic carbocycles. The summed E-state index contributed by atoms with van der Waals surface area (Å²) in [5, 5.41) is 10.1. The summed E-state index contributed by atoms with van der Waals surface area (Å²) in [5.74, 6) is -0.152. The zero-order valence-electron chi connectivity index (χ0n) is 11.6. The van der Waals surface area contributed by atoms with Crippen molar-refractivity contribution < 1.29 is 4.39 Å². The fourth-order valence-corrected chi connectivity index (χ4v) is 2.58. The number of aryl methyl sites for hydroxylation is 1. The monoisotopic (exact) mass is 274 g/mol. The van der Waals surface area contributed by atoms with Crippen LogP contribution in [0.15, 0.2) is 24.4 Å². The number of aromatic amines is 1. The van der Waals surface area contributed by atoms with Crippen molar-refractivity contribution in [2.75, 3.05) is 23.3 Å². The van der Waals surface area contributed by atoms with Crippen molar-refractivity contribution in [2.45, 2.75) is 26.3 Å². The molecule has 0 atom stereocenters. The topological polar surface area (TPSA) is 44.0 Å². The molecule has 2 aromatic rings. The van der Waals surface area contributed by atoms with Crippen LogP contribution in [0.4, 0.5) is 15.8 Å². The molecule has 20 heavy (non-hydrogen) atoms. The molecule has 3 rings (SSSR count). The van der Waals surface area contributed by atoms with Gasteiger partial charge in [-0.25, -0.2) is 4.39 Å². The zero-order chi connectivity index (χ0) is 13.9. The van der Waals surface area contributed by atoms with Crippen molar-refractivity contribution in [3.63, 3.8) is 0 Å². The maximum absolute atomic E-state index is 14.1. The largest absolute Gasteiger partial charge is 0.381 e. The molecule has 1 fully saturated rings. The molecule has 0 radical (unpaired) electrons. The second-order valence-electron chi connectivity index (χ2n) is 5.23. The van der Waals surface area contributed by atoms with Gasteiger partial charge in [-0.1, -0.05) is 0 Å². The first-order valence-corrected chi connectivity index (χ1v) is 7.01. The third kappa shape index (κ3) is 2.61. The molecule has 0 saturated carbocycles. The van der Waals surface area contributed by atoms with Crippen LogP contribution in [0.2, 0.25) is 0 Å². The van der Waals surface area contributed by atoms with E-state index in [0.29, 0.717) is 12.2 Å². The van der Waals surface area contributed by atoms with Gasteiger partial charge in [0.05, 0.1) is 11.9 Å². The molecular weight excluding hydrogens is 255 g/mol. The molecule has 0 aliphatic carbocycles. The summed E-state index contributed by atoms with van der Waals surface area (Å²) in [6.07, 6.45) is 4.09. The van der Waals surface area contributed by atoms with E-state index in [0.717, 1.165) is 42.9 Å². The predicted molar refractivity (Wildman–Crippen MR) is 78.5 cm³/mol. The summed E-state index contributed by atoms with van der Waals surface area (Å²) in [4.78, 5) is 2.11. The molecule has 1 aliphatic heterocycles. The molecule has 1 aliphatic rings. The summed E-state index contributed by atoms with van der Waals surface area (Å²) in [7, 11) is 0. The standard InChI is InChI=1S/C15H19FN4/c1-11-12(10-18-19-11)9-17-13-4-5-15(14(16)8-13)20-6-2-3-7-20/h4-5,8,10,17H,2-3,6-7,9H2,1H3,(H,18,19). The van der Waals surface area contributed by atoms with Gasteiger partial charge in [-0.15, -0.1) is 0 Å². The van der Waals surface area contributed by atoms with Crippen molar-refractivity contribution >= 4 is 11.4 Å². The highest BCUT2D eigenvalue weighted by atomic mass is 19.1. The summed E-state index contributed by atoms with van der Waals surface area (Å²) in [6, 6.07) is 5.38. The van der Waals surface area contributed by atoms with Crippen LogP contribution in [0.5, 0.6) is 0 Å². The number of benzene rings is 1. The van der Waals surface area contributed by atoms with Crippen LogP contribution in [0.3, 0.4) is 0 Å². The van der Waals surface area contributed by atoms with Crippen molar-refractivity contribution in [2.24, 2.45) is 0 Å². The number of aromatic nitrogens is 2. The molecule has 0 spiro atoms. The van der Waals surface area contributed by atoms with E-state index in [1.54, 1.807) is 12.3 Å². The van der Waals surface area contributed by atoms with Gasteiger partial charge in [0, 0.05) is 36.6 Å². The van der Waals surface area contributed by atoms with E-state index in [9.17, 15) is 4.39 Å². The molecule has 2 N–H and O–H groups in total. The van der Waals surface area contributed by atoms with E-state index in [-0.39, 0.29) is 5.82 Å². The Kier molecular flexibility index (Phi) is 3.58. The minimum atomic E-state index is -0.152. The summed E-state index contributed by atoms with van der Waals surface area (Å²) in [5.41, 5.74) is 3.64. The minimum absolute atomic E-state index is 0.152. The van der Waals surface area contributed by atoms with Crippen molar-refractivity contribution in [1.29, 1.82) is 0 Å². The number of rotatable bonds is 4. The van der Waals surface area contributed by atoms with Crippen LogP contribution in [-0.2, 0) is 6.54 Å². The molecular formula is C15H19FN4. The first-order valence-electron chi connectivity index (χ1n) is 7.01. The number of nitrogens with one attached hydrogen (secondary N) is 2. The average Bonchev–Trinajstić information content (AvgIpc) is 3.08. The first kappa shape index (κ1) is 13.0. The van der Waals surface area contributed by atoms with Gasteiger partial charge in [-0.3, -0.25) is 5.10 Å². The predicted octanol–water partition coefficient (Wildman–Crippen LogP) is 3.07. The molecule has 1 saturated heterocycles. The summed E-state index contributed by atoms with van der Waals surface area (Å²) in [6.45, 7) is 4.53. The first-order chi connectivity index (χ1) is 9.74. The lowest BCUT2D eigenvalue weighted by Gasteiger charge is -2.19. The van der Waals surface area contributed by atoms with E-state index in [1.807, 2.05) is 19.1 Å². The van der Waals surface area contributed by atoms with E-state index >= 15 is 0 Å². The summed E-state index contributed by atoms with van der Waals surface area (Å²) < 4.78 is 14.1. The molecule has 2 heterocycles. The number of halogens is 1. The van der Waals surface area contributed by atoms with E-state index in [4.69, 9.17) is 0 Å². The maximum atomic E-state index is 14.1. The van der Waals surface area contributed by atoms with Gasteiger partial charge >= 0.3 is 0 Å². The van der Waals surface area contributed by atoms with E-state index < -0.39 is 0 Å². The molecule has 5 heteroatoms. The van der Waals surface area contributed by atoms with Crippen molar-refractivity contribution in [3.8, 4) is 0 Å². The number of hydrogen-bond donors (Lipinski definition) is 2. The second kappa shape index (κ2) is 5.53. The number of anilines is 2. The molecule has 0 unspecified atom stereocenters. The number of hydrogen-bond acceptors (Lipinski definition) is 3. The lowest BCUT2D eigenvalue weighted by Crippen LogP contribution is -2.18. The van der Waals surface area contributed by atoms with E-state index in [2.05, 4.69) is 20.4 Å². The van der Waals surface area contributed by atoms with Crippen molar-refractivity contribution in [1.82, 2.24) is 10.2 Å². The van der Waals surface area contributed by atoms with Crippen LogP contribution < -0.4 is 10.2 Å². The number of H-pyrrole nitrogens is 1. The third-order valence-electron chi connectivity index (χ3n) is 3.81. The van der Waals surface area contributed by atoms with Crippen LogP contribution in [0.1, 0.15) is 24.1 Å². The Hall–Kier alpha value is -2.04. The highest BCUT2D eigenvalue weighted by Gasteiger charge is 2.16. The Morgan fingerprint density at radius 3 is 2.80 bits per heavy atom. The quantitative estimate of drug-likeness (QED) is 0.900. The molecule has 1 aromatic heterocycles. The molecule has 0 amide bonds. The Labute approximate surface area is 118 Å². The second-order valence-corrected chi connectivity index (χ2v) is 5.23. The van der Waals surface area contributed by atoms with Gasteiger partial charge in [-0.2, -0.15) is 5.10 Å². The normalized spacial score (nSPS) is 14.8. The van der Waals surface area contributed by atoms with Crippen LogP contribution in [0, 0.1) is 12.7 Å². The Morgan fingerprint density at radius 2 is 2.15 bits per heavy atom. The SMILES string of the molecule is Cc1[nH]ncc1CNc1ccc(N2CCCC2)c(F)c1. The molecule has 0 bridgehead atoms.